The largest absolute Gasteiger partial charge is 0.348 e. The van der Waals surface area contributed by atoms with E-state index in [4.69, 9.17) is 11.6 Å². The minimum atomic E-state index is 0.00146. The Balaban J connectivity index is 2.18. The van der Waals surface area contributed by atoms with Gasteiger partial charge in [0.05, 0.1) is 5.88 Å². The highest BCUT2D eigenvalue weighted by atomic mass is 35.5. The van der Waals surface area contributed by atoms with Gasteiger partial charge in [-0.15, -0.1) is 11.6 Å². The Bertz CT molecular complexity index is 628. The van der Waals surface area contributed by atoms with Gasteiger partial charge in [-0.2, -0.15) is 0 Å². The second-order valence-corrected chi connectivity index (χ2v) is 5.50. The molecule has 0 aliphatic carbocycles. The number of hydrogen-bond donors (Lipinski definition) is 0. The van der Waals surface area contributed by atoms with E-state index >= 15 is 0 Å². The fourth-order valence-electron chi connectivity index (χ4n) is 2.61. The molecule has 0 radical (unpaired) electrons. The van der Waals surface area contributed by atoms with Crippen molar-refractivity contribution in [2.24, 2.45) is 0 Å². The molecule has 1 heterocycles. The molecule has 0 amide bonds. The fraction of sp³-hybridized carbons (Fsp3) is 0.353. The zero-order chi connectivity index (χ0) is 14.7. The number of alkyl halides is 1. The zero-order valence-corrected chi connectivity index (χ0v) is 13.0. The number of Topliss-reactive ketones (excluding diaryl/α,β-unsaturated/α-hetero) is 1. The molecule has 1 aromatic heterocycles. The molecule has 0 saturated heterocycles. The Morgan fingerprint density at radius 3 is 2.60 bits per heavy atom. The lowest BCUT2D eigenvalue weighted by atomic mass is 10.1. The Morgan fingerprint density at radius 1 is 1.20 bits per heavy atom. The van der Waals surface area contributed by atoms with Gasteiger partial charge in [0.25, 0.3) is 0 Å². The maximum absolute atomic E-state index is 11.8. The van der Waals surface area contributed by atoms with E-state index in [0.717, 1.165) is 29.9 Å². The number of carbonyl (C=O) groups is 1. The predicted octanol–water partition coefficient (Wildman–Crippen LogP) is 4.08. The first kappa shape index (κ1) is 14.9. The topological polar surface area (TPSA) is 22.0 Å². The third kappa shape index (κ3) is 3.13. The van der Waals surface area contributed by atoms with Crippen LogP contribution in [0.5, 0.6) is 0 Å². The average Bonchev–Trinajstić information content (AvgIpc) is 2.71. The van der Waals surface area contributed by atoms with Gasteiger partial charge >= 0.3 is 0 Å². The van der Waals surface area contributed by atoms with Crippen molar-refractivity contribution in [3.63, 3.8) is 0 Å². The Labute approximate surface area is 125 Å². The van der Waals surface area contributed by atoms with E-state index in [0.29, 0.717) is 0 Å². The number of carbonyl (C=O) groups excluding carboxylic acids is 1. The monoisotopic (exact) mass is 289 g/mol. The smallest absolute Gasteiger partial charge is 0.179 e. The lowest BCUT2D eigenvalue weighted by molar-refractivity contribution is 0.102. The first-order valence-corrected chi connectivity index (χ1v) is 7.38. The summed E-state index contributed by atoms with van der Waals surface area (Å²) in [5, 5.41) is 0. The highest BCUT2D eigenvalue weighted by Gasteiger charge is 2.14. The van der Waals surface area contributed by atoms with Gasteiger partial charge < -0.3 is 4.57 Å². The van der Waals surface area contributed by atoms with Crippen LogP contribution in [0.25, 0.3) is 0 Å². The molecule has 0 aliphatic heterocycles. The third-order valence-electron chi connectivity index (χ3n) is 3.70. The first-order chi connectivity index (χ1) is 9.52. The van der Waals surface area contributed by atoms with Gasteiger partial charge in [0.15, 0.2) is 5.78 Å². The van der Waals surface area contributed by atoms with Crippen molar-refractivity contribution in [3.05, 3.63) is 58.4 Å². The van der Waals surface area contributed by atoms with Crippen LogP contribution in [0.3, 0.4) is 0 Å². The van der Waals surface area contributed by atoms with Crippen LogP contribution < -0.4 is 0 Å². The summed E-state index contributed by atoms with van der Waals surface area (Å²) in [4.78, 5) is 11.8. The molecule has 0 fully saturated rings. The maximum atomic E-state index is 11.8. The van der Waals surface area contributed by atoms with E-state index in [1.54, 1.807) is 0 Å². The summed E-state index contributed by atoms with van der Waals surface area (Å²) >= 11 is 5.65. The Kier molecular flexibility index (Phi) is 4.66. The summed E-state index contributed by atoms with van der Waals surface area (Å²) in [5.41, 5.74) is 5.48. The van der Waals surface area contributed by atoms with Gasteiger partial charge in [-0.25, -0.2) is 0 Å². The summed E-state index contributed by atoms with van der Waals surface area (Å²) < 4.78 is 2.20. The molecule has 2 nitrogen and oxygen atoms in total. The minimum Gasteiger partial charge on any atom is -0.348 e. The van der Waals surface area contributed by atoms with Crippen LogP contribution in [0.15, 0.2) is 30.3 Å². The number of nitrogens with zero attached hydrogens (tertiary/aromatic N) is 1. The number of ketones is 1. The van der Waals surface area contributed by atoms with E-state index < -0.39 is 0 Å². The number of halogens is 1. The molecule has 3 heteroatoms. The van der Waals surface area contributed by atoms with Gasteiger partial charge in [-0.05, 0) is 38.8 Å². The van der Waals surface area contributed by atoms with Gasteiger partial charge in [0, 0.05) is 23.5 Å². The molecule has 0 atom stereocenters. The lowest BCUT2D eigenvalue weighted by Crippen LogP contribution is -2.07. The molecule has 0 spiro atoms. The van der Waals surface area contributed by atoms with E-state index in [2.05, 4.69) is 35.8 Å². The lowest BCUT2D eigenvalue weighted by Gasteiger charge is -2.10. The summed E-state index contributed by atoms with van der Waals surface area (Å²) in [7, 11) is 0. The van der Waals surface area contributed by atoms with Crippen LogP contribution in [0.4, 0.5) is 0 Å². The normalized spacial score (nSPS) is 10.8. The van der Waals surface area contributed by atoms with Crippen LogP contribution >= 0.6 is 11.6 Å². The van der Waals surface area contributed by atoms with E-state index in [1.165, 1.54) is 11.1 Å². The minimum absolute atomic E-state index is 0.00146. The first-order valence-electron chi connectivity index (χ1n) is 6.84. The van der Waals surface area contributed by atoms with Gasteiger partial charge in [-0.3, -0.25) is 4.79 Å². The molecule has 0 bridgehead atoms. The Morgan fingerprint density at radius 2 is 1.95 bits per heavy atom. The molecule has 0 unspecified atom stereocenters. The fourth-order valence-corrected chi connectivity index (χ4v) is 2.75. The number of hydrogen-bond acceptors (Lipinski definition) is 1. The van der Waals surface area contributed by atoms with E-state index in [1.807, 2.05) is 19.9 Å². The van der Waals surface area contributed by atoms with E-state index in [9.17, 15) is 4.79 Å². The summed E-state index contributed by atoms with van der Waals surface area (Å²) in [6.07, 6.45) is 0.965. The van der Waals surface area contributed by atoms with Gasteiger partial charge in [-0.1, -0.05) is 29.8 Å². The molecule has 20 heavy (non-hydrogen) atoms. The predicted molar refractivity (Wildman–Crippen MR) is 83.8 cm³/mol. The molecule has 2 aromatic rings. The quantitative estimate of drug-likeness (QED) is 0.600. The number of aryl methyl sites for hydroxylation is 3. The molecule has 0 N–H and O–H groups in total. The SMILES string of the molecule is Cc1cccc(CCn2c(C)cc(C(=O)CCl)c2C)c1. The standard InChI is InChI=1S/C17H20ClNO/c1-12-5-4-6-15(9-12)7-8-19-13(2)10-16(14(19)3)17(20)11-18/h4-6,9-10H,7-8,11H2,1-3H3. The third-order valence-corrected chi connectivity index (χ3v) is 3.94. The summed E-state index contributed by atoms with van der Waals surface area (Å²) in [6, 6.07) is 10.5. The van der Waals surface area contributed by atoms with Gasteiger partial charge in [0.2, 0.25) is 0 Å². The molecule has 1 aromatic carbocycles. The highest BCUT2D eigenvalue weighted by molar-refractivity contribution is 6.30. The molecular formula is C17H20ClNO. The number of rotatable bonds is 5. The molecular weight excluding hydrogens is 270 g/mol. The van der Waals surface area contributed by atoms with Crippen LogP contribution in [0.2, 0.25) is 0 Å². The molecule has 0 saturated carbocycles. The van der Waals surface area contributed by atoms with Crippen molar-refractivity contribution < 1.29 is 4.79 Å². The summed E-state index contributed by atoms with van der Waals surface area (Å²) in [6.45, 7) is 7.01. The van der Waals surface area contributed by atoms with Crippen molar-refractivity contribution in [3.8, 4) is 0 Å². The second-order valence-electron chi connectivity index (χ2n) is 5.23. The number of benzene rings is 1. The van der Waals surface area contributed by atoms with Crippen molar-refractivity contribution in [1.82, 2.24) is 4.57 Å². The van der Waals surface area contributed by atoms with Crippen molar-refractivity contribution in [2.45, 2.75) is 33.7 Å². The van der Waals surface area contributed by atoms with Crippen molar-refractivity contribution >= 4 is 17.4 Å². The summed E-state index contributed by atoms with van der Waals surface area (Å²) in [5.74, 6) is 0.0453. The van der Waals surface area contributed by atoms with Crippen molar-refractivity contribution in [1.29, 1.82) is 0 Å². The molecule has 0 aliphatic rings. The zero-order valence-electron chi connectivity index (χ0n) is 12.2. The van der Waals surface area contributed by atoms with E-state index in [-0.39, 0.29) is 11.7 Å². The Hall–Kier alpha value is -1.54. The van der Waals surface area contributed by atoms with Crippen molar-refractivity contribution in [2.75, 3.05) is 5.88 Å². The van der Waals surface area contributed by atoms with Crippen LogP contribution in [-0.2, 0) is 13.0 Å². The van der Waals surface area contributed by atoms with Crippen LogP contribution in [-0.4, -0.2) is 16.2 Å². The molecule has 106 valence electrons. The maximum Gasteiger partial charge on any atom is 0.179 e. The second kappa shape index (κ2) is 6.27. The van der Waals surface area contributed by atoms with Crippen LogP contribution in [0, 0.1) is 20.8 Å². The number of aromatic nitrogens is 1. The average molecular weight is 290 g/mol. The molecule has 2 rings (SSSR count). The van der Waals surface area contributed by atoms with Gasteiger partial charge in [0.1, 0.15) is 0 Å². The highest BCUT2D eigenvalue weighted by Crippen LogP contribution is 2.17. The van der Waals surface area contributed by atoms with Crippen LogP contribution in [0.1, 0.15) is 32.9 Å².